The van der Waals surface area contributed by atoms with E-state index in [9.17, 15) is 4.79 Å². The number of carbonyl (C=O) groups excluding carboxylic acids is 1. The summed E-state index contributed by atoms with van der Waals surface area (Å²) in [6.45, 7) is 4.80. The van der Waals surface area contributed by atoms with Crippen molar-refractivity contribution in [1.82, 2.24) is 10.6 Å². The van der Waals surface area contributed by atoms with E-state index in [-0.39, 0.29) is 11.8 Å². The average Bonchev–Trinajstić information content (AvgIpc) is 3.41. The van der Waals surface area contributed by atoms with Gasteiger partial charge in [0.05, 0.1) is 14.2 Å². The van der Waals surface area contributed by atoms with Crippen molar-refractivity contribution in [2.24, 2.45) is 10.7 Å². The molecule has 1 aliphatic heterocycles. The summed E-state index contributed by atoms with van der Waals surface area (Å²) in [5.41, 5.74) is 6.29. The molecule has 1 amide bonds. The van der Waals surface area contributed by atoms with E-state index in [1.54, 1.807) is 26.4 Å². The lowest BCUT2D eigenvalue weighted by molar-refractivity contribution is 0.0972. The molecule has 1 fully saturated rings. The number of nitrogens with two attached hydrogens (primary N) is 1. The van der Waals surface area contributed by atoms with E-state index in [0.717, 1.165) is 43.2 Å². The lowest BCUT2D eigenvalue weighted by atomic mass is 10.2. The summed E-state index contributed by atoms with van der Waals surface area (Å²) in [6, 6.07) is 9.39. The van der Waals surface area contributed by atoms with Crippen LogP contribution in [0, 0.1) is 0 Å². The number of amides is 1. The van der Waals surface area contributed by atoms with Crippen LogP contribution in [0.1, 0.15) is 29.7 Å². The van der Waals surface area contributed by atoms with Gasteiger partial charge in [-0.05, 0) is 25.5 Å². The standard InChI is InChI=1S/C21H29N5O4/c1-4-23-21(24-12-16-5-6-19(30-16)20(22)27)25-14-7-8-26(13-14)15-9-17(28-2)11-18(10-15)29-3/h5-6,9-11,14H,4,7-8,12-13H2,1-3H3,(H2,22,27)(H2,23,24,25). The van der Waals surface area contributed by atoms with E-state index in [0.29, 0.717) is 18.3 Å². The van der Waals surface area contributed by atoms with Crippen LogP contribution < -0.4 is 30.7 Å². The maximum Gasteiger partial charge on any atom is 0.284 e. The quantitative estimate of drug-likeness (QED) is 0.444. The fraction of sp³-hybridized carbons (Fsp3) is 0.429. The molecule has 0 spiro atoms. The Balaban J connectivity index is 1.63. The van der Waals surface area contributed by atoms with E-state index in [2.05, 4.69) is 20.5 Å². The molecule has 9 nitrogen and oxygen atoms in total. The molecule has 3 rings (SSSR count). The summed E-state index contributed by atoms with van der Waals surface area (Å²) in [5, 5.41) is 6.72. The Bertz CT molecular complexity index is 873. The Kier molecular flexibility index (Phi) is 7.05. The first-order valence-electron chi connectivity index (χ1n) is 9.93. The van der Waals surface area contributed by atoms with Crippen molar-refractivity contribution in [1.29, 1.82) is 0 Å². The van der Waals surface area contributed by atoms with Crippen molar-refractivity contribution in [3.8, 4) is 11.5 Å². The lowest BCUT2D eigenvalue weighted by Crippen LogP contribution is -2.44. The number of carbonyl (C=O) groups is 1. The van der Waals surface area contributed by atoms with Crippen molar-refractivity contribution < 1.29 is 18.7 Å². The second kappa shape index (κ2) is 9.91. The molecule has 0 aliphatic carbocycles. The van der Waals surface area contributed by atoms with Gasteiger partial charge in [0, 0.05) is 49.6 Å². The number of anilines is 1. The Morgan fingerprint density at radius 3 is 2.60 bits per heavy atom. The number of nitrogens with zero attached hydrogens (tertiary/aromatic N) is 2. The maximum absolute atomic E-state index is 11.2. The number of primary amides is 1. The van der Waals surface area contributed by atoms with Crippen LogP contribution in [0.5, 0.6) is 11.5 Å². The molecule has 1 unspecified atom stereocenters. The Labute approximate surface area is 176 Å². The number of guanidine groups is 1. The van der Waals surface area contributed by atoms with Gasteiger partial charge in [-0.3, -0.25) is 4.79 Å². The predicted molar refractivity (Wildman–Crippen MR) is 115 cm³/mol. The molecule has 0 radical (unpaired) electrons. The molecule has 2 aromatic rings. The van der Waals surface area contributed by atoms with Gasteiger partial charge in [-0.15, -0.1) is 0 Å². The molecule has 1 aliphatic rings. The molecular formula is C21H29N5O4. The van der Waals surface area contributed by atoms with E-state index >= 15 is 0 Å². The third-order valence-electron chi connectivity index (χ3n) is 4.87. The van der Waals surface area contributed by atoms with Crippen LogP contribution in [0.2, 0.25) is 0 Å². The molecule has 0 saturated carbocycles. The van der Waals surface area contributed by atoms with Crippen LogP contribution in [0.25, 0.3) is 0 Å². The van der Waals surface area contributed by atoms with Gasteiger partial charge < -0.3 is 35.2 Å². The fourth-order valence-corrected chi connectivity index (χ4v) is 3.35. The van der Waals surface area contributed by atoms with Crippen LogP contribution >= 0.6 is 0 Å². The predicted octanol–water partition coefficient (Wildman–Crippen LogP) is 1.73. The molecule has 4 N–H and O–H groups in total. The van der Waals surface area contributed by atoms with E-state index in [1.165, 1.54) is 0 Å². The summed E-state index contributed by atoms with van der Waals surface area (Å²) < 4.78 is 16.2. The van der Waals surface area contributed by atoms with Gasteiger partial charge in [0.15, 0.2) is 11.7 Å². The fourth-order valence-electron chi connectivity index (χ4n) is 3.35. The van der Waals surface area contributed by atoms with Crippen molar-refractivity contribution in [2.45, 2.75) is 25.9 Å². The molecule has 2 heterocycles. The van der Waals surface area contributed by atoms with Gasteiger partial charge in [0.25, 0.3) is 5.91 Å². The van der Waals surface area contributed by atoms with Crippen molar-refractivity contribution in [3.63, 3.8) is 0 Å². The zero-order valence-electron chi connectivity index (χ0n) is 17.6. The summed E-state index contributed by atoms with van der Waals surface area (Å²) in [5.74, 6) is 2.37. The summed E-state index contributed by atoms with van der Waals surface area (Å²) in [4.78, 5) is 18.0. The first kappa shape index (κ1) is 21.4. The summed E-state index contributed by atoms with van der Waals surface area (Å²) in [7, 11) is 3.30. The molecule has 9 heteroatoms. The van der Waals surface area contributed by atoms with Gasteiger partial charge in [-0.2, -0.15) is 0 Å². The van der Waals surface area contributed by atoms with Crippen LogP contribution in [-0.2, 0) is 6.54 Å². The van der Waals surface area contributed by atoms with Crippen LogP contribution in [-0.4, -0.2) is 51.8 Å². The maximum atomic E-state index is 11.2. The molecular weight excluding hydrogens is 386 g/mol. The van der Waals surface area contributed by atoms with Gasteiger partial charge in [-0.25, -0.2) is 4.99 Å². The van der Waals surface area contributed by atoms with Gasteiger partial charge >= 0.3 is 0 Å². The Morgan fingerprint density at radius 2 is 2.00 bits per heavy atom. The first-order chi connectivity index (χ1) is 14.5. The molecule has 162 valence electrons. The Hall–Kier alpha value is -3.36. The highest BCUT2D eigenvalue weighted by atomic mass is 16.5. The number of nitrogens with one attached hydrogen (secondary N) is 2. The van der Waals surface area contributed by atoms with Crippen molar-refractivity contribution >= 4 is 17.6 Å². The number of aliphatic imine (C=N–C) groups is 1. The second-order valence-corrected chi connectivity index (χ2v) is 6.97. The minimum Gasteiger partial charge on any atom is -0.497 e. The summed E-state index contributed by atoms with van der Waals surface area (Å²) in [6.07, 6.45) is 0.969. The second-order valence-electron chi connectivity index (χ2n) is 6.97. The van der Waals surface area contributed by atoms with Crippen LogP contribution in [0.3, 0.4) is 0 Å². The molecule has 1 aromatic carbocycles. The highest BCUT2D eigenvalue weighted by Gasteiger charge is 2.24. The molecule has 1 aromatic heterocycles. The Morgan fingerprint density at radius 1 is 1.27 bits per heavy atom. The summed E-state index contributed by atoms with van der Waals surface area (Å²) >= 11 is 0. The van der Waals surface area contributed by atoms with Gasteiger partial charge in [-0.1, -0.05) is 0 Å². The number of ether oxygens (including phenoxy) is 2. The smallest absolute Gasteiger partial charge is 0.284 e. The minimum absolute atomic E-state index is 0.137. The topological polar surface area (TPSA) is 114 Å². The largest absolute Gasteiger partial charge is 0.497 e. The third kappa shape index (κ3) is 5.37. The van der Waals surface area contributed by atoms with Crippen LogP contribution in [0.4, 0.5) is 5.69 Å². The lowest BCUT2D eigenvalue weighted by Gasteiger charge is -2.21. The SMILES string of the molecule is CCNC(=NCc1ccc(C(N)=O)o1)NC1CCN(c2cc(OC)cc(OC)c2)C1. The molecule has 30 heavy (non-hydrogen) atoms. The van der Waals surface area contributed by atoms with Gasteiger partial charge in [0.1, 0.15) is 23.8 Å². The first-order valence-corrected chi connectivity index (χ1v) is 9.93. The number of methoxy groups -OCH3 is 2. The zero-order chi connectivity index (χ0) is 21.5. The monoisotopic (exact) mass is 415 g/mol. The molecule has 1 saturated heterocycles. The number of hydrogen-bond acceptors (Lipinski definition) is 6. The molecule has 0 bridgehead atoms. The highest BCUT2D eigenvalue weighted by Crippen LogP contribution is 2.30. The number of rotatable bonds is 8. The van der Waals surface area contributed by atoms with Crippen molar-refractivity contribution in [2.75, 3.05) is 38.8 Å². The van der Waals surface area contributed by atoms with Crippen molar-refractivity contribution in [3.05, 3.63) is 41.9 Å². The van der Waals surface area contributed by atoms with E-state index in [4.69, 9.17) is 19.6 Å². The number of hydrogen-bond donors (Lipinski definition) is 3. The number of benzene rings is 1. The van der Waals surface area contributed by atoms with Gasteiger partial charge in [0.2, 0.25) is 0 Å². The zero-order valence-corrected chi connectivity index (χ0v) is 17.6. The normalized spacial score (nSPS) is 16.4. The third-order valence-corrected chi connectivity index (χ3v) is 4.87. The highest BCUT2D eigenvalue weighted by molar-refractivity contribution is 5.89. The van der Waals surface area contributed by atoms with Crippen LogP contribution in [0.15, 0.2) is 39.7 Å². The average molecular weight is 415 g/mol. The van der Waals surface area contributed by atoms with E-state index < -0.39 is 5.91 Å². The van der Waals surface area contributed by atoms with E-state index in [1.807, 2.05) is 25.1 Å². The minimum atomic E-state index is -0.588. The number of furan rings is 1. The molecule has 1 atom stereocenters.